The average molecular weight is 436 g/mol. The van der Waals surface area contributed by atoms with Gasteiger partial charge in [-0.25, -0.2) is 0 Å². The van der Waals surface area contributed by atoms with Gasteiger partial charge in [0.15, 0.2) is 0 Å². The van der Waals surface area contributed by atoms with E-state index in [1.165, 1.54) is 10.6 Å². The first-order valence-corrected chi connectivity index (χ1v) is 10.7. The third kappa shape index (κ3) is 3.38. The number of pyridine rings is 1. The van der Waals surface area contributed by atoms with Gasteiger partial charge in [-0.05, 0) is 42.7 Å². The Morgan fingerprint density at radius 3 is 2.81 bits per heavy atom. The summed E-state index contributed by atoms with van der Waals surface area (Å²) >= 11 is 0. The van der Waals surface area contributed by atoms with Crippen molar-refractivity contribution in [3.63, 3.8) is 0 Å². The predicted molar refractivity (Wildman–Crippen MR) is 118 cm³/mol. The van der Waals surface area contributed by atoms with Gasteiger partial charge in [-0.15, -0.1) is 0 Å². The number of fused-ring (bicyclic) bond motifs is 5. The highest BCUT2D eigenvalue weighted by Crippen LogP contribution is 2.36. The Morgan fingerprint density at radius 1 is 1.19 bits per heavy atom. The van der Waals surface area contributed by atoms with Gasteiger partial charge in [-0.2, -0.15) is 0 Å². The molecular weight excluding hydrogens is 412 g/mol. The van der Waals surface area contributed by atoms with E-state index in [9.17, 15) is 19.7 Å². The smallest absolute Gasteiger partial charge is 0.334 e. The third-order valence-electron chi connectivity index (χ3n) is 6.62. The lowest BCUT2D eigenvalue weighted by Gasteiger charge is -2.42. The normalized spacial score (nSPS) is 19.7. The Kier molecular flexibility index (Phi) is 5.05. The van der Waals surface area contributed by atoms with Gasteiger partial charge in [0, 0.05) is 73.6 Å². The summed E-state index contributed by atoms with van der Waals surface area (Å²) in [4.78, 5) is 38.2. The fourth-order valence-corrected chi connectivity index (χ4v) is 5.14. The van der Waals surface area contributed by atoms with Gasteiger partial charge in [-0.3, -0.25) is 19.7 Å². The molecule has 2 bridgehead atoms. The van der Waals surface area contributed by atoms with Crippen molar-refractivity contribution in [3.05, 3.63) is 74.3 Å². The molecule has 0 spiro atoms. The quantitative estimate of drug-likeness (QED) is 0.452. The Bertz CT molecular complexity index is 1280. The molecule has 0 radical (unpaired) electrons. The molecule has 2 atom stereocenters. The van der Waals surface area contributed by atoms with Crippen molar-refractivity contribution >= 4 is 22.5 Å². The number of methoxy groups -OCH3 is 1. The summed E-state index contributed by atoms with van der Waals surface area (Å²) in [6, 6.07) is 10.7. The van der Waals surface area contributed by atoms with Crippen LogP contribution < -0.4 is 5.56 Å². The highest BCUT2D eigenvalue weighted by atomic mass is 16.6. The van der Waals surface area contributed by atoms with E-state index in [1.54, 1.807) is 13.2 Å². The number of hydrogen-bond acceptors (Lipinski definition) is 5. The number of piperidine rings is 1. The zero-order chi connectivity index (χ0) is 22.4. The number of benzene rings is 1. The predicted octanol–water partition coefficient (Wildman–Crippen LogP) is 2.62. The van der Waals surface area contributed by atoms with E-state index in [-0.39, 0.29) is 17.7 Å². The monoisotopic (exact) mass is 436 g/mol. The molecule has 9 heteroatoms. The largest absolute Gasteiger partial charge is 0.383 e. The summed E-state index contributed by atoms with van der Waals surface area (Å²) in [7, 11) is 1.67. The Balaban J connectivity index is 1.39. The third-order valence-corrected chi connectivity index (χ3v) is 6.62. The van der Waals surface area contributed by atoms with Crippen molar-refractivity contribution in [1.82, 2.24) is 14.0 Å². The topological polar surface area (TPSA) is 99.6 Å². The van der Waals surface area contributed by atoms with Crippen LogP contribution in [0.4, 0.5) is 5.69 Å². The van der Waals surface area contributed by atoms with Crippen LogP contribution in [0, 0.1) is 16.0 Å². The highest BCUT2D eigenvalue weighted by molar-refractivity contribution is 5.98. The first-order chi connectivity index (χ1) is 15.5. The first-order valence-electron chi connectivity index (χ1n) is 10.7. The number of amides is 1. The molecule has 2 aliphatic rings. The number of nitrogens with zero attached hydrogens (tertiary/aromatic N) is 4. The van der Waals surface area contributed by atoms with Gasteiger partial charge in [0.05, 0.1) is 11.5 Å². The second-order valence-electron chi connectivity index (χ2n) is 8.60. The molecule has 0 aliphatic carbocycles. The van der Waals surface area contributed by atoms with Crippen LogP contribution in [0.25, 0.3) is 10.9 Å². The maximum atomic E-state index is 13.3. The molecule has 2 aliphatic heterocycles. The van der Waals surface area contributed by atoms with Crippen molar-refractivity contribution in [3.8, 4) is 0 Å². The van der Waals surface area contributed by atoms with E-state index in [2.05, 4.69) is 4.57 Å². The molecule has 1 aromatic carbocycles. The molecule has 2 aromatic heterocycles. The fraction of sp³-hybridized carbons (Fsp3) is 0.391. The van der Waals surface area contributed by atoms with Crippen molar-refractivity contribution in [2.45, 2.75) is 25.4 Å². The Hall–Kier alpha value is -3.46. The number of carbonyl (C=O) groups is 1. The molecule has 1 fully saturated rings. The van der Waals surface area contributed by atoms with Gasteiger partial charge < -0.3 is 18.8 Å². The lowest BCUT2D eigenvalue weighted by molar-refractivity contribution is -0.386. The van der Waals surface area contributed by atoms with Crippen LogP contribution in [-0.2, 0) is 17.8 Å². The van der Waals surface area contributed by atoms with Gasteiger partial charge in [0.2, 0.25) is 0 Å². The maximum absolute atomic E-state index is 13.3. The molecule has 5 rings (SSSR count). The minimum atomic E-state index is -0.630. The Morgan fingerprint density at radius 2 is 2.03 bits per heavy atom. The molecule has 166 valence electrons. The van der Waals surface area contributed by atoms with Gasteiger partial charge in [-0.1, -0.05) is 0 Å². The minimum Gasteiger partial charge on any atom is -0.383 e. The van der Waals surface area contributed by atoms with Crippen molar-refractivity contribution in [2.75, 3.05) is 26.8 Å². The van der Waals surface area contributed by atoms with E-state index in [0.717, 1.165) is 29.6 Å². The van der Waals surface area contributed by atoms with Crippen LogP contribution >= 0.6 is 0 Å². The highest BCUT2D eigenvalue weighted by Gasteiger charge is 2.37. The standard InChI is InChI=1S/C23H24N4O5/c1-32-9-8-24-7-6-16-11-17(2-3-19(16)24)22(28)25-12-15-10-18(14-25)20-4-5-21(27(30)31)23(29)26(20)13-15/h2-7,11,15,18H,8-10,12-14H2,1H3. The van der Waals surface area contributed by atoms with Crippen molar-refractivity contribution < 1.29 is 14.5 Å². The van der Waals surface area contributed by atoms with Gasteiger partial charge in [0.1, 0.15) is 0 Å². The van der Waals surface area contributed by atoms with Crippen LogP contribution in [0.15, 0.2) is 47.4 Å². The van der Waals surface area contributed by atoms with Crippen molar-refractivity contribution in [1.29, 1.82) is 0 Å². The maximum Gasteiger partial charge on any atom is 0.334 e. The number of aromatic nitrogens is 2. The molecular formula is C23H24N4O5. The summed E-state index contributed by atoms with van der Waals surface area (Å²) in [5, 5.41) is 12.1. The van der Waals surface area contributed by atoms with Crippen LogP contribution in [0.2, 0.25) is 0 Å². The van der Waals surface area contributed by atoms with Crippen LogP contribution in [0.5, 0.6) is 0 Å². The molecule has 0 saturated carbocycles. The number of likely N-dealkylation sites (tertiary alicyclic amines) is 1. The van der Waals surface area contributed by atoms with E-state index >= 15 is 0 Å². The number of hydrogen-bond donors (Lipinski definition) is 0. The molecule has 1 saturated heterocycles. The molecule has 1 amide bonds. The molecule has 0 N–H and O–H groups in total. The fourth-order valence-electron chi connectivity index (χ4n) is 5.14. The molecule has 4 heterocycles. The zero-order valence-electron chi connectivity index (χ0n) is 17.8. The SMILES string of the molecule is COCCn1ccc2cc(C(=O)N3CC4CC(C3)c3ccc([N+](=O)[O-])c(=O)n3C4)ccc21. The lowest BCUT2D eigenvalue weighted by atomic mass is 9.83. The number of nitro groups is 1. The number of rotatable bonds is 5. The molecule has 3 aromatic rings. The van der Waals surface area contributed by atoms with E-state index in [1.807, 2.05) is 35.4 Å². The van der Waals surface area contributed by atoms with Gasteiger partial charge >= 0.3 is 11.2 Å². The second-order valence-corrected chi connectivity index (χ2v) is 8.60. The van der Waals surface area contributed by atoms with Gasteiger partial charge in [0.25, 0.3) is 5.91 Å². The molecule has 9 nitrogen and oxygen atoms in total. The zero-order valence-corrected chi connectivity index (χ0v) is 17.8. The molecule has 2 unspecified atom stereocenters. The van der Waals surface area contributed by atoms with Crippen LogP contribution in [0.3, 0.4) is 0 Å². The summed E-state index contributed by atoms with van der Waals surface area (Å²) in [5.41, 5.74) is 1.53. The number of ether oxygens (including phenoxy) is 1. The van der Waals surface area contributed by atoms with Crippen LogP contribution in [0.1, 0.15) is 28.4 Å². The van der Waals surface area contributed by atoms with E-state index in [0.29, 0.717) is 31.8 Å². The minimum absolute atomic E-state index is 0.00110. The average Bonchev–Trinajstić information content (AvgIpc) is 3.19. The first kappa shape index (κ1) is 20.4. The summed E-state index contributed by atoms with van der Waals surface area (Å²) in [6.45, 7) is 2.81. The molecule has 32 heavy (non-hydrogen) atoms. The second kappa shape index (κ2) is 7.90. The summed E-state index contributed by atoms with van der Waals surface area (Å²) in [5.74, 6) is 0.0755. The van der Waals surface area contributed by atoms with E-state index in [4.69, 9.17) is 4.74 Å². The summed E-state index contributed by atoms with van der Waals surface area (Å²) in [6.07, 6.45) is 2.87. The van der Waals surface area contributed by atoms with Crippen molar-refractivity contribution in [2.24, 2.45) is 5.92 Å². The van der Waals surface area contributed by atoms with E-state index < -0.39 is 16.2 Å². The Labute approximate surface area is 184 Å². The lowest BCUT2D eigenvalue weighted by Crippen LogP contribution is -2.49. The van der Waals surface area contributed by atoms with Crippen LogP contribution in [-0.4, -0.2) is 51.7 Å². The number of carbonyl (C=O) groups excluding carboxylic acids is 1. The summed E-state index contributed by atoms with van der Waals surface area (Å²) < 4.78 is 8.79.